The number of aromatic nitrogens is 2. The molecule has 0 bridgehead atoms. The molecule has 8 heteroatoms. The summed E-state index contributed by atoms with van der Waals surface area (Å²) in [6.45, 7) is 5.68. The van der Waals surface area contributed by atoms with Crippen molar-refractivity contribution in [1.82, 2.24) is 14.9 Å². The fraction of sp³-hybridized carbons (Fsp3) is 0.333. The molecule has 1 aromatic carbocycles. The molecule has 1 N–H and O–H groups in total. The van der Waals surface area contributed by atoms with Crippen LogP contribution >= 0.6 is 0 Å². The zero-order chi connectivity index (χ0) is 18.7. The summed E-state index contributed by atoms with van der Waals surface area (Å²) in [6.07, 6.45) is 0. The number of nitrogens with zero attached hydrogens (tertiary/aromatic N) is 4. The van der Waals surface area contributed by atoms with Crippen LogP contribution in [0.4, 0.5) is 16.0 Å². The van der Waals surface area contributed by atoms with E-state index < -0.39 is 11.7 Å². The number of hydrogen-bond donors (Lipinski definition) is 1. The van der Waals surface area contributed by atoms with Crippen LogP contribution in [0, 0.1) is 12.7 Å². The van der Waals surface area contributed by atoms with Crippen LogP contribution in [0.25, 0.3) is 0 Å². The van der Waals surface area contributed by atoms with Gasteiger partial charge in [0.15, 0.2) is 0 Å². The van der Waals surface area contributed by atoms with Gasteiger partial charge in [0.1, 0.15) is 11.5 Å². The quantitative estimate of drug-likeness (QED) is 0.907. The Kier molecular flexibility index (Phi) is 5.11. The van der Waals surface area contributed by atoms with Crippen molar-refractivity contribution in [3.8, 4) is 0 Å². The van der Waals surface area contributed by atoms with Crippen LogP contribution in [0.1, 0.15) is 23.1 Å². The van der Waals surface area contributed by atoms with Gasteiger partial charge in [-0.25, -0.2) is 14.4 Å². The molecule has 3 rings (SSSR count). The second-order valence-corrected chi connectivity index (χ2v) is 6.12. The van der Waals surface area contributed by atoms with Crippen molar-refractivity contribution >= 4 is 23.5 Å². The Labute approximate surface area is 150 Å². The standard InChI is InChI=1S/C18H20FN5O2/c1-12-11-16(17(26)21-15-6-4-3-5-14(15)19)22-18(20-12)24-9-7-23(8-10-24)13(2)25/h3-6,11H,7-10H2,1-2H3,(H,21,26). The summed E-state index contributed by atoms with van der Waals surface area (Å²) in [4.78, 5) is 36.3. The number of aryl methyl sites for hydroxylation is 1. The van der Waals surface area contributed by atoms with Crippen LogP contribution in [-0.2, 0) is 4.79 Å². The molecular weight excluding hydrogens is 337 g/mol. The first-order chi connectivity index (χ1) is 12.4. The van der Waals surface area contributed by atoms with Gasteiger partial charge in [-0.05, 0) is 25.1 Å². The number of amides is 2. The van der Waals surface area contributed by atoms with Crippen molar-refractivity contribution in [2.45, 2.75) is 13.8 Å². The summed E-state index contributed by atoms with van der Waals surface area (Å²) >= 11 is 0. The average Bonchev–Trinajstić information content (AvgIpc) is 2.63. The van der Waals surface area contributed by atoms with Gasteiger partial charge in [-0.3, -0.25) is 9.59 Å². The number of piperazine rings is 1. The molecule has 1 fully saturated rings. The van der Waals surface area contributed by atoms with E-state index in [2.05, 4.69) is 15.3 Å². The molecule has 0 unspecified atom stereocenters. The molecule has 136 valence electrons. The Bertz CT molecular complexity index is 834. The van der Waals surface area contributed by atoms with Gasteiger partial charge >= 0.3 is 0 Å². The first kappa shape index (κ1) is 17.8. The van der Waals surface area contributed by atoms with Crippen LogP contribution in [0.3, 0.4) is 0 Å². The SMILES string of the molecule is CC(=O)N1CCN(c2nc(C)cc(C(=O)Nc3ccccc3F)n2)CC1. The lowest BCUT2D eigenvalue weighted by atomic mass is 10.2. The van der Waals surface area contributed by atoms with E-state index >= 15 is 0 Å². The van der Waals surface area contributed by atoms with Gasteiger partial charge in [-0.1, -0.05) is 12.1 Å². The number of carbonyl (C=O) groups is 2. The van der Waals surface area contributed by atoms with Crippen molar-refractivity contribution in [1.29, 1.82) is 0 Å². The van der Waals surface area contributed by atoms with Crippen LogP contribution in [0.15, 0.2) is 30.3 Å². The molecule has 2 amide bonds. The summed E-state index contributed by atoms with van der Waals surface area (Å²) in [5.74, 6) is -0.525. The predicted octanol–water partition coefficient (Wildman–Crippen LogP) is 1.84. The van der Waals surface area contributed by atoms with E-state index in [0.717, 1.165) is 0 Å². The van der Waals surface area contributed by atoms with Crippen molar-refractivity contribution < 1.29 is 14.0 Å². The molecule has 1 aromatic heterocycles. The summed E-state index contributed by atoms with van der Waals surface area (Å²) in [5, 5.41) is 2.53. The van der Waals surface area contributed by atoms with Crippen molar-refractivity contribution in [3.63, 3.8) is 0 Å². The number of hydrogen-bond acceptors (Lipinski definition) is 5. The molecule has 0 spiro atoms. The number of carbonyl (C=O) groups excluding carboxylic acids is 2. The van der Waals surface area contributed by atoms with E-state index in [1.165, 1.54) is 12.1 Å². The Morgan fingerprint density at radius 3 is 2.46 bits per heavy atom. The maximum atomic E-state index is 13.7. The molecule has 7 nitrogen and oxygen atoms in total. The van der Waals surface area contributed by atoms with Crippen LogP contribution in [0.2, 0.25) is 0 Å². The zero-order valence-corrected chi connectivity index (χ0v) is 14.7. The fourth-order valence-electron chi connectivity index (χ4n) is 2.78. The van der Waals surface area contributed by atoms with Crippen LogP contribution in [-0.4, -0.2) is 52.9 Å². The van der Waals surface area contributed by atoms with E-state index in [9.17, 15) is 14.0 Å². The monoisotopic (exact) mass is 357 g/mol. The third kappa shape index (κ3) is 3.96. The molecule has 26 heavy (non-hydrogen) atoms. The smallest absolute Gasteiger partial charge is 0.274 e. The van der Waals surface area contributed by atoms with Gasteiger partial charge in [0.05, 0.1) is 5.69 Å². The highest BCUT2D eigenvalue weighted by atomic mass is 19.1. The maximum absolute atomic E-state index is 13.7. The highest BCUT2D eigenvalue weighted by Gasteiger charge is 2.22. The number of rotatable bonds is 3. The van der Waals surface area contributed by atoms with Crippen LogP contribution < -0.4 is 10.2 Å². The Morgan fingerprint density at radius 1 is 1.12 bits per heavy atom. The number of benzene rings is 1. The maximum Gasteiger partial charge on any atom is 0.274 e. The normalized spacial score (nSPS) is 14.3. The van der Waals surface area contributed by atoms with Gasteiger partial charge in [0.25, 0.3) is 5.91 Å². The van der Waals surface area contributed by atoms with E-state index in [4.69, 9.17) is 0 Å². The molecule has 2 aromatic rings. The van der Waals surface area contributed by atoms with Gasteiger partial charge in [0, 0.05) is 38.8 Å². The van der Waals surface area contributed by atoms with E-state index in [1.807, 2.05) is 4.90 Å². The average molecular weight is 357 g/mol. The lowest BCUT2D eigenvalue weighted by Gasteiger charge is -2.34. The number of halogens is 1. The number of nitrogens with one attached hydrogen (secondary N) is 1. The minimum absolute atomic E-state index is 0.0414. The second-order valence-electron chi connectivity index (χ2n) is 6.12. The topological polar surface area (TPSA) is 78.4 Å². The third-order valence-electron chi connectivity index (χ3n) is 4.20. The van der Waals surface area contributed by atoms with Crippen molar-refractivity contribution in [2.24, 2.45) is 0 Å². The first-order valence-electron chi connectivity index (χ1n) is 8.36. The second kappa shape index (κ2) is 7.47. The first-order valence-corrected chi connectivity index (χ1v) is 8.36. The largest absolute Gasteiger partial charge is 0.339 e. The zero-order valence-electron chi connectivity index (χ0n) is 14.7. The Balaban J connectivity index is 1.76. The van der Waals surface area contributed by atoms with Gasteiger partial charge < -0.3 is 15.1 Å². The minimum atomic E-state index is -0.507. The highest BCUT2D eigenvalue weighted by molar-refractivity contribution is 6.03. The molecule has 0 saturated carbocycles. The van der Waals surface area contributed by atoms with E-state index in [0.29, 0.717) is 37.8 Å². The summed E-state index contributed by atoms with van der Waals surface area (Å²) < 4.78 is 13.7. The third-order valence-corrected chi connectivity index (χ3v) is 4.20. The number of para-hydroxylation sites is 1. The number of anilines is 2. The van der Waals surface area contributed by atoms with E-state index in [1.54, 1.807) is 36.9 Å². The molecule has 2 heterocycles. The fourth-order valence-corrected chi connectivity index (χ4v) is 2.78. The summed E-state index contributed by atoms with van der Waals surface area (Å²) in [5.41, 5.74) is 0.915. The van der Waals surface area contributed by atoms with Gasteiger partial charge in [0.2, 0.25) is 11.9 Å². The molecule has 0 radical (unpaired) electrons. The van der Waals surface area contributed by atoms with Gasteiger partial charge in [-0.2, -0.15) is 0 Å². The Hall–Kier alpha value is -3.03. The lowest BCUT2D eigenvalue weighted by molar-refractivity contribution is -0.129. The van der Waals surface area contributed by atoms with E-state index in [-0.39, 0.29) is 17.3 Å². The van der Waals surface area contributed by atoms with Crippen molar-refractivity contribution in [2.75, 3.05) is 36.4 Å². The summed E-state index contributed by atoms with van der Waals surface area (Å²) in [6, 6.07) is 7.53. The highest BCUT2D eigenvalue weighted by Crippen LogP contribution is 2.16. The molecule has 1 saturated heterocycles. The lowest BCUT2D eigenvalue weighted by Crippen LogP contribution is -2.48. The molecule has 0 atom stereocenters. The summed E-state index contributed by atoms with van der Waals surface area (Å²) in [7, 11) is 0. The predicted molar refractivity (Wildman–Crippen MR) is 95.6 cm³/mol. The van der Waals surface area contributed by atoms with Crippen molar-refractivity contribution in [3.05, 3.63) is 47.5 Å². The molecule has 1 aliphatic rings. The minimum Gasteiger partial charge on any atom is -0.339 e. The van der Waals surface area contributed by atoms with Gasteiger partial charge in [-0.15, -0.1) is 0 Å². The molecular formula is C18H20FN5O2. The van der Waals surface area contributed by atoms with Crippen LogP contribution in [0.5, 0.6) is 0 Å². The molecule has 0 aliphatic carbocycles. The molecule has 1 aliphatic heterocycles. The Morgan fingerprint density at radius 2 is 1.81 bits per heavy atom.